The Morgan fingerprint density at radius 1 is 0.933 bits per heavy atom. The third-order valence-electron chi connectivity index (χ3n) is 4.07. The van der Waals surface area contributed by atoms with E-state index in [1.807, 2.05) is 30.3 Å². The highest BCUT2D eigenvalue weighted by Gasteiger charge is 2.13. The molecule has 0 spiro atoms. The Morgan fingerprint density at radius 2 is 1.60 bits per heavy atom. The second kappa shape index (κ2) is 10.3. The van der Waals surface area contributed by atoms with Gasteiger partial charge >= 0.3 is 6.03 Å². The molecule has 0 atom stereocenters. The van der Waals surface area contributed by atoms with Crippen LogP contribution in [0.2, 0.25) is 0 Å². The van der Waals surface area contributed by atoms with E-state index in [0.717, 1.165) is 10.1 Å². The molecule has 154 valence electrons. The van der Waals surface area contributed by atoms with E-state index in [2.05, 4.69) is 23.4 Å². The molecule has 3 rings (SSSR count). The van der Waals surface area contributed by atoms with Gasteiger partial charge in [-0.1, -0.05) is 43.1 Å². The van der Waals surface area contributed by atoms with Crippen molar-refractivity contribution in [2.45, 2.75) is 0 Å². The van der Waals surface area contributed by atoms with E-state index in [1.54, 1.807) is 30.3 Å². The number of ether oxygens (including phenoxy) is 1. The standard InChI is InChI=1S/C22H20FN3O3S/c23-20-9-5-4-8-19(20)21(27)25-16-10-12-17(13-11-16)26(30)22(28)24-14-15-29-18-6-2-1-3-7-18/h1-13,30H,14-15H2,(H,24,28)(H,25,27). The number of rotatable bonds is 7. The highest BCUT2D eigenvalue weighted by atomic mass is 32.1. The fourth-order valence-corrected chi connectivity index (χ4v) is 2.77. The number of carbonyl (C=O) groups excluding carboxylic acids is 2. The molecule has 2 N–H and O–H groups in total. The van der Waals surface area contributed by atoms with Crippen LogP contribution in [0.15, 0.2) is 78.9 Å². The van der Waals surface area contributed by atoms with Crippen LogP contribution in [-0.2, 0) is 0 Å². The molecule has 8 heteroatoms. The first-order valence-corrected chi connectivity index (χ1v) is 9.55. The summed E-state index contributed by atoms with van der Waals surface area (Å²) < 4.78 is 20.4. The molecular weight excluding hydrogens is 405 g/mol. The summed E-state index contributed by atoms with van der Waals surface area (Å²) in [6.45, 7) is 0.625. The average Bonchev–Trinajstić information content (AvgIpc) is 2.77. The van der Waals surface area contributed by atoms with Gasteiger partial charge in [0.15, 0.2) is 0 Å². The summed E-state index contributed by atoms with van der Waals surface area (Å²) in [4.78, 5) is 24.4. The predicted molar refractivity (Wildman–Crippen MR) is 118 cm³/mol. The van der Waals surface area contributed by atoms with Crippen LogP contribution in [0.3, 0.4) is 0 Å². The van der Waals surface area contributed by atoms with Crippen LogP contribution in [0.4, 0.5) is 20.6 Å². The largest absolute Gasteiger partial charge is 0.492 e. The molecule has 0 fully saturated rings. The Bertz CT molecular complexity index is 1000. The van der Waals surface area contributed by atoms with Gasteiger partial charge in [-0.25, -0.2) is 13.5 Å². The van der Waals surface area contributed by atoms with Crippen molar-refractivity contribution in [1.82, 2.24) is 5.32 Å². The maximum absolute atomic E-state index is 13.7. The van der Waals surface area contributed by atoms with Crippen molar-refractivity contribution < 1.29 is 18.7 Å². The van der Waals surface area contributed by atoms with Gasteiger partial charge in [-0.05, 0) is 48.5 Å². The molecule has 3 amide bonds. The van der Waals surface area contributed by atoms with Gasteiger partial charge in [0.2, 0.25) is 0 Å². The van der Waals surface area contributed by atoms with Crippen LogP contribution >= 0.6 is 12.8 Å². The number of hydrogen-bond donors (Lipinski definition) is 3. The molecule has 0 saturated heterocycles. The van der Waals surface area contributed by atoms with Crippen LogP contribution in [0.1, 0.15) is 10.4 Å². The summed E-state index contributed by atoms with van der Waals surface area (Å²) in [5.41, 5.74) is 0.920. The molecule has 3 aromatic carbocycles. The van der Waals surface area contributed by atoms with Crippen LogP contribution in [0.25, 0.3) is 0 Å². The molecule has 0 unspecified atom stereocenters. The monoisotopic (exact) mass is 425 g/mol. The zero-order valence-corrected chi connectivity index (χ0v) is 16.8. The second-order valence-electron chi connectivity index (χ2n) is 6.19. The molecule has 0 bridgehead atoms. The van der Waals surface area contributed by atoms with Crippen molar-refractivity contribution in [2.24, 2.45) is 0 Å². The van der Waals surface area contributed by atoms with Gasteiger partial charge in [-0.2, -0.15) is 0 Å². The lowest BCUT2D eigenvalue weighted by molar-refractivity contribution is 0.102. The molecule has 0 saturated carbocycles. The average molecular weight is 425 g/mol. The number of halogens is 1. The van der Waals surface area contributed by atoms with E-state index in [1.165, 1.54) is 18.2 Å². The summed E-state index contributed by atoms with van der Waals surface area (Å²) in [7, 11) is 0. The molecular formula is C22H20FN3O3S. The van der Waals surface area contributed by atoms with Gasteiger partial charge in [-0.3, -0.25) is 4.79 Å². The van der Waals surface area contributed by atoms with Gasteiger partial charge < -0.3 is 15.4 Å². The first-order valence-electron chi connectivity index (χ1n) is 9.15. The van der Waals surface area contributed by atoms with Crippen molar-refractivity contribution in [1.29, 1.82) is 0 Å². The Balaban J connectivity index is 1.49. The first kappa shape index (κ1) is 21.2. The summed E-state index contributed by atoms with van der Waals surface area (Å²) in [5, 5.41) is 5.31. The van der Waals surface area contributed by atoms with Crippen molar-refractivity contribution in [3.05, 3.63) is 90.2 Å². The second-order valence-corrected chi connectivity index (χ2v) is 6.59. The highest BCUT2D eigenvalue weighted by Crippen LogP contribution is 2.20. The Labute approximate surface area is 179 Å². The highest BCUT2D eigenvalue weighted by molar-refractivity contribution is 7.82. The summed E-state index contributed by atoms with van der Waals surface area (Å²) in [5.74, 6) is -0.427. The Hall–Kier alpha value is -3.52. The molecule has 0 aliphatic carbocycles. The minimum Gasteiger partial charge on any atom is -0.492 e. The number of hydrogen-bond acceptors (Lipinski definition) is 4. The third kappa shape index (κ3) is 5.74. The zero-order valence-electron chi connectivity index (χ0n) is 15.9. The van der Waals surface area contributed by atoms with Crippen LogP contribution < -0.4 is 19.7 Å². The normalized spacial score (nSPS) is 10.2. The molecule has 3 aromatic rings. The lowest BCUT2D eigenvalue weighted by atomic mass is 10.2. The molecule has 6 nitrogen and oxygen atoms in total. The van der Waals surface area contributed by atoms with Crippen molar-refractivity contribution in [3.63, 3.8) is 0 Å². The smallest absolute Gasteiger partial charge is 0.332 e. The van der Waals surface area contributed by atoms with Crippen molar-refractivity contribution in [3.8, 4) is 5.75 Å². The number of anilines is 2. The number of thiol groups is 1. The number of carbonyl (C=O) groups is 2. The minimum absolute atomic E-state index is 0.0468. The van der Waals surface area contributed by atoms with E-state index in [0.29, 0.717) is 24.5 Å². The number of nitrogens with zero attached hydrogens (tertiary/aromatic N) is 1. The quantitative estimate of drug-likeness (QED) is 0.385. The predicted octanol–water partition coefficient (Wildman–Crippen LogP) is 4.52. The fourth-order valence-electron chi connectivity index (χ4n) is 2.57. The van der Waals surface area contributed by atoms with Gasteiger partial charge in [0.1, 0.15) is 18.2 Å². The van der Waals surface area contributed by atoms with Gasteiger partial charge in [-0.15, -0.1) is 0 Å². The first-order chi connectivity index (χ1) is 14.5. The van der Waals surface area contributed by atoms with E-state index in [4.69, 9.17) is 4.74 Å². The third-order valence-corrected chi connectivity index (χ3v) is 4.48. The molecule has 30 heavy (non-hydrogen) atoms. The maximum Gasteiger partial charge on any atom is 0.332 e. The summed E-state index contributed by atoms with van der Waals surface area (Å²) in [6.07, 6.45) is 0. The number of nitrogens with one attached hydrogen (secondary N) is 2. The Morgan fingerprint density at radius 3 is 2.30 bits per heavy atom. The molecule has 0 radical (unpaired) electrons. The topological polar surface area (TPSA) is 70.7 Å². The van der Waals surface area contributed by atoms with Gasteiger partial charge in [0.25, 0.3) is 5.91 Å². The molecule has 0 heterocycles. The molecule has 0 aliphatic heterocycles. The number of amides is 3. The van der Waals surface area contributed by atoms with Crippen LogP contribution in [0, 0.1) is 5.82 Å². The number of urea groups is 1. The van der Waals surface area contributed by atoms with E-state index in [9.17, 15) is 14.0 Å². The van der Waals surface area contributed by atoms with Gasteiger partial charge in [0, 0.05) is 5.69 Å². The minimum atomic E-state index is -0.596. The van der Waals surface area contributed by atoms with E-state index < -0.39 is 17.8 Å². The van der Waals surface area contributed by atoms with Crippen molar-refractivity contribution >= 4 is 36.1 Å². The van der Waals surface area contributed by atoms with E-state index in [-0.39, 0.29) is 5.56 Å². The van der Waals surface area contributed by atoms with Crippen LogP contribution in [-0.4, -0.2) is 25.1 Å². The van der Waals surface area contributed by atoms with Crippen LogP contribution in [0.5, 0.6) is 5.75 Å². The SMILES string of the molecule is O=C(Nc1ccc(N(S)C(=O)NCCOc2ccccc2)cc1)c1ccccc1F. The lowest BCUT2D eigenvalue weighted by Crippen LogP contribution is -2.36. The number of benzene rings is 3. The zero-order chi connectivity index (χ0) is 21.3. The van der Waals surface area contributed by atoms with E-state index >= 15 is 0 Å². The maximum atomic E-state index is 13.7. The summed E-state index contributed by atoms with van der Waals surface area (Å²) >= 11 is 4.20. The lowest BCUT2D eigenvalue weighted by Gasteiger charge is -2.17. The molecule has 0 aromatic heterocycles. The molecule has 0 aliphatic rings. The van der Waals surface area contributed by atoms with Gasteiger partial charge in [0.05, 0.1) is 17.8 Å². The fraction of sp³-hybridized carbons (Fsp3) is 0.0909. The number of para-hydroxylation sites is 1. The Kier molecular flexibility index (Phi) is 7.29. The van der Waals surface area contributed by atoms with Crippen molar-refractivity contribution in [2.75, 3.05) is 22.8 Å². The summed E-state index contributed by atoms with van der Waals surface area (Å²) in [6, 6.07) is 21.0.